The van der Waals surface area contributed by atoms with Gasteiger partial charge in [-0.25, -0.2) is 4.79 Å². The molecule has 0 bridgehead atoms. The van der Waals surface area contributed by atoms with Gasteiger partial charge in [0.15, 0.2) is 0 Å². The summed E-state index contributed by atoms with van der Waals surface area (Å²) in [6.07, 6.45) is 0.722. The first-order chi connectivity index (χ1) is 16.7. The normalized spacial score (nSPS) is 11.1. The van der Waals surface area contributed by atoms with Crippen molar-refractivity contribution in [3.63, 3.8) is 0 Å². The molecule has 6 heteroatoms. The van der Waals surface area contributed by atoms with Gasteiger partial charge in [-0.2, -0.15) is 4.98 Å². The maximum Gasteiger partial charge on any atom is 0.397 e. The molecule has 176 valence electrons. The third-order valence-electron chi connectivity index (χ3n) is 5.99. The van der Waals surface area contributed by atoms with Gasteiger partial charge in [-0.05, 0) is 49.4 Å². The number of para-hydroxylation sites is 1. The Morgan fingerprint density at radius 2 is 1.26 bits per heavy atom. The molecule has 0 radical (unpaired) electrons. The Labute approximate surface area is 215 Å². The van der Waals surface area contributed by atoms with Crippen molar-refractivity contribution in [2.45, 2.75) is 13.1 Å². The average molecular weight is 546 g/mol. The van der Waals surface area contributed by atoms with E-state index in [0.29, 0.717) is 23.7 Å². The maximum atomic E-state index is 12.7. The third-order valence-corrected chi connectivity index (χ3v) is 10.3. The monoisotopic (exact) mass is 545 g/mol. The first kappa shape index (κ1) is 24.8. The van der Waals surface area contributed by atoms with E-state index in [2.05, 4.69) is 83.8 Å². The predicted molar refractivity (Wildman–Crippen MR) is 140 cm³/mol. The highest BCUT2D eigenvalue weighted by molar-refractivity contribution is 7.95. The number of fused-ring (bicyclic) bond motifs is 1. The Bertz CT molecular complexity index is 1360. The van der Waals surface area contributed by atoms with E-state index in [1.165, 1.54) is 15.9 Å². The molecule has 1 aromatic heterocycles. The van der Waals surface area contributed by atoms with Crippen molar-refractivity contribution >= 4 is 34.1 Å². The zero-order valence-electron chi connectivity index (χ0n) is 19.3. The van der Waals surface area contributed by atoms with Crippen LogP contribution >= 0.6 is 7.26 Å². The van der Waals surface area contributed by atoms with Crippen LogP contribution in [0.25, 0.3) is 10.9 Å². The standard InChI is InChI=1S/C29H25NO3P.BrH/c1-2-32-29-30-27-22(13-12-20-26(27)28(31)33-29)21-34(23-14-6-3-7-15-23,24-16-8-4-9-17-24)25-18-10-5-11-19-25;/h3-20H,2,21H2,1H3;1H/q+1;/p-1. The number of nitrogens with zero attached hydrogens (tertiary/aromatic N) is 1. The van der Waals surface area contributed by atoms with Crippen LogP contribution in [0.3, 0.4) is 0 Å². The van der Waals surface area contributed by atoms with Crippen LogP contribution in [0.5, 0.6) is 6.08 Å². The SMILES string of the molecule is CCOc1nc2c(C[P+](c3ccccc3)(c3ccccc3)c3ccccc3)cccc2c(=O)o1.[Br-]. The summed E-state index contributed by atoms with van der Waals surface area (Å²) in [5, 5.41) is 4.29. The largest absolute Gasteiger partial charge is 1.00 e. The zero-order chi connectivity index (χ0) is 23.4. The number of ether oxygens (including phenoxy) is 1. The van der Waals surface area contributed by atoms with Gasteiger partial charge in [0, 0.05) is 5.56 Å². The topological polar surface area (TPSA) is 52.3 Å². The summed E-state index contributed by atoms with van der Waals surface area (Å²) in [4.78, 5) is 17.3. The lowest BCUT2D eigenvalue weighted by Gasteiger charge is -2.28. The second kappa shape index (κ2) is 11.0. The summed E-state index contributed by atoms with van der Waals surface area (Å²) in [6, 6.07) is 37.7. The van der Waals surface area contributed by atoms with Crippen LogP contribution in [0.4, 0.5) is 0 Å². The number of rotatable bonds is 7. The van der Waals surface area contributed by atoms with Crippen LogP contribution < -0.4 is 43.3 Å². The van der Waals surface area contributed by atoms with E-state index >= 15 is 0 Å². The van der Waals surface area contributed by atoms with Crippen molar-refractivity contribution in [2.24, 2.45) is 0 Å². The van der Waals surface area contributed by atoms with E-state index in [9.17, 15) is 4.79 Å². The van der Waals surface area contributed by atoms with Gasteiger partial charge in [-0.3, -0.25) is 0 Å². The minimum Gasteiger partial charge on any atom is -1.00 e. The summed E-state index contributed by atoms with van der Waals surface area (Å²) >= 11 is 0. The van der Waals surface area contributed by atoms with E-state index in [1.807, 2.05) is 31.2 Å². The van der Waals surface area contributed by atoms with Gasteiger partial charge in [0.05, 0.1) is 17.5 Å². The molecule has 0 spiro atoms. The van der Waals surface area contributed by atoms with Gasteiger partial charge < -0.3 is 26.1 Å². The van der Waals surface area contributed by atoms with Crippen molar-refractivity contribution < 1.29 is 26.1 Å². The second-order valence-corrected chi connectivity index (χ2v) is 11.5. The fraction of sp³-hybridized carbons (Fsp3) is 0.103. The highest BCUT2D eigenvalue weighted by atomic mass is 79.9. The molecule has 0 fully saturated rings. The molecule has 0 saturated heterocycles. The molecular weight excluding hydrogens is 521 g/mol. The van der Waals surface area contributed by atoms with Gasteiger partial charge in [0.2, 0.25) is 0 Å². The molecule has 0 aliphatic heterocycles. The summed E-state index contributed by atoms with van der Waals surface area (Å²) in [6.45, 7) is 2.22. The number of halogens is 1. The number of benzene rings is 4. The fourth-order valence-electron chi connectivity index (χ4n) is 4.47. The van der Waals surface area contributed by atoms with Gasteiger partial charge >= 0.3 is 11.7 Å². The Hall–Kier alpha value is -3.27. The average Bonchev–Trinajstić information content (AvgIpc) is 2.89. The molecule has 0 aliphatic rings. The van der Waals surface area contributed by atoms with Crippen LogP contribution in [0, 0.1) is 0 Å². The molecule has 5 rings (SSSR count). The quantitative estimate of drug-likeness (QED) is 0.294. The molecule has 0 atom stereocenters. The van der Waals surface area contributed by atoms with Crippen LogP contribution in [0.2, 0.25) is 0 Å². The van der Waals surface area contributed by atoms with Gasteiger partial charge in [-0.1, -0.05) is 66.7 Å². The van der Waals surface area contributed by atoms with E-state index in [1.54, 1.807) is 6.07 Å². The third kappa shape index (κ3) is 4.80. The number of aromatic nitrogens is 1. The highest BCUT2D eigenvalue weighted by Crippen LogP contribution is 2.58. The van der Waals surface area contributed by atoms with Gasteiger partial charge in [-0.15, -0.1) is 0 Å². The smallest absolute Gasteiger partial charge is 0.397 e. The molecular formula is C29H25BrNO3P. The summed E-state index contributed by atoms with van der Waals surface area (Å²) in [5.74, 6) is 0. The molecule has 1 heterocycles. The maximum absolute atomic E-state index is 12.7. The Balaban J connectivity index is 0.00000289. The van der Waals surface area contributed by atoms with Crippen LogP contribution in [0.1, 0.15) is 12.5 Å². The van der Waals surface area contributed by atoms with Crippen molar-refractivity contribution in [2.75, 3.05) is 6.61 Å². The van der Waals surface area contributed by atoms with Crippen LogP contribution in [-0.4, -0.2) is 11.6 Å². The van der Waals surface area contributed by atoms with E-state index in [4.69, 9.17) is 9.15 Å². The Kier molecular flexibility index (Phi) is 7.80. The zero-order valence-corrected chi connectivity index (χ0v) is 21.8. The lowest BCUT2D eigenvalue weighted by molar-refractivity contribution is -0.00000868. The van der Waals surface area contributed by atoms with Crippen molar-refractivity contribution in [3.8, 4) is 6.08 Å². The molecule has 5 aromatic rings. The minimum atomic E-state index is -2.14. The molecule has 4 nitrogen and oxygen atoms in total. The Morgan fingerprint density at radius 3 is 1.74 bits per heavy atom. The first-order valence-corrected chi connectivity index (χ1v) is 13.3. The van der Waals surface area contributed by atoms with E-state index < -0.39 is 12.9 Å². The molecule has 35 heavy (non-hydrogen) atoms. The molecule has 0 amide bonds. The molecule has 0 unspecified atom stereocenters. The van der Waals surface area contributed by atoms with Crippen molar-refractivity contribution in [3.05, 3.63) is 125 Å². The molecule has 0 aliphatic carbocycles. The van der Waals surface area contributed by atoms with E-state index in [0.717, 1.165) is 5.56 Å². The van der Waals surface area contributed by atoms with E-state index in [-0.39, 0.29) is 23.1 Å². The lowest BCUT2D eigenvalue weighted by Crippen LogP contribution is -3.00. The molecule has 0 N–H and O–H groups in total. The molecule has 4 aromatic carbocycles. The summed E-state index contributed by atoms with van der Waals surface area (Å²) in [7, 11) is -2.14. The lowest BCUT2D eigenvalue weighted by atomic mass is 10.1. The number of hydrogen-bond donors (Lipinski definition) is 0. The predicted octanol–water partition coefficient (Wildman–Crippen LogP) is 2.08. The minimum absolute atomic E-state index is 0. The van der Waals surface area contributed by atoms with Gasteiger partial charge in [0.25, 0.3) is 0 Å². The van der Waals surface area contributed by atoms with Crippen molar-refractivity contribution in [1.29, 1.82) is 0 Å². The van der Waals surface area contributed by atoms with Crippen LogP contribution in [-0.2, 0) is 6.16 Å². The number of hydrogen-bond acceptors (Lipinski definition) is 4. The van der Waals surface area contributed by atoms with Gasteiger partial charge in [0.1, 0.15) is 29.3 Å². The summed E-state index contributed by atoms with van der Waals surface area (Å²) < 4.78 is 10.8. The second-order valence-electron chi connectivity index (χ2n) is 7.99. The first-order valence-electron chi connectivity index (χ1n) is 11.3. The fourth-order valence-corrected chi connectivity index (χ4v) is 8.72. The molecule has 0 saturated carbocycles. The Morgan fingerprint density at radius 1 is 0.743 bits per heavy atom. The van der Waals surface area contributed by atoms with Crippen molar-refractivity contribution in [1.82, 2.24) is 4.98 Å². The van der Waals surface area contributed by atoms with Crippen LogP contribution in [0.15, 0.2) is 118 Å². The summed E-state index contributed by atoms with van der Waals surface area (Å²) in [5.41, 5.74) is 1.20. The highest BCUT2D eigenvalue weighted by Gasteiger charge is 2.45.